The molecule has 2 atom stereocenters. The molecule has 1 fully saturated rings. The standard InChI is InChI=1S/C12H14ClNO3/c1-11(2,3)17-10(15)12(13)9(16-12)8-6-4-5-7-14-8/h4-7,9H,1-3H3. The summed E-state index contributed by atoms with van der Waals surface area (Å²) in [6, 6.07) is 5.37. The van der Waals surface area contributed by atoms with Crippen molar-refractivity contribution < 1.29 is 14.3 Å². The van der Waals surface area contributed by atoms with Crippen LogP contribution < -0.4 is 0 Å². The first-order valence-corrected chi connectivity index (χ1v) is 5.72. The maximum atomic E-state index is 11.8. The van der Waals surface area contributed by atoms with Gasteiger partial charge in [-0.05, 0) is 32.9 Å². The Labute approximate surface area is 105 Å². The zero-order valence-corrected chi connectivity index (χ0v) is 10.7. The van der Waals surface area contributed by atoms with Crippen molar-refractivity contribution in [1.29, 1.82) is 0 Å². The Balaban J connectivity index is 2.07. The van der Waals surface area contributed by atoms with Gasteiger partial charge in [-0.3, -0.25) is 4.98 Å². The Morgan fingerprint density at radius 3 is 2.76 bits per heavy atom. The average molecular weight is 256 g/mol. The van der Waals surface area contributed by atoms with E-state index in [2.05, 4.69) is 4.98 Å². The lowest BCUT2D eigenvalue weighted by molar-refractivity contribution is -0.158. The molecule has 0 aliphatic carbocycles. The van der Waals surface area contributed by atoms with Gasteiger partial charge < -0.3 is 9.47 Å². The molecule has 0 radical (unpaired) electrons. The molecule has 0 N–H and O–H groups in total. The third-order valence-electron chi connectivity index (χ3n) is 2.20. The summed E-state index contributed by atoms with van der Waals surface area (Å²) < 4.78 is 10.4. The maximum absolute atomic E-state index is 11.8. The zero-order valence-electron chi connectivity index (χ0n) is 9.94. The van der Waals surface area contributed by atoms with Gasteiger partial charge in [0.15, 0.2) is 6.10 Å². The zero-order chi connectivity index (χ0) is 12.7. The van der Waals surface area contributed by atoms with Crippen LogP contribution in [0.4, 0.5) is 0 Å². The van der Waals surface area contributed by atoms with Crippen molar-refractivity contribution in [1.82, 2.24) is 4.98 Å². The highest BCUT2D eigenvalue weighted by molar-refractivity contribution is 6.35. The molecule has 5 heteroatoms. The first kappa shape index (κ1) is 12.3. The molecule has 4 nitrogen and oxygen atoms in total. The molecule has 1 aromatic rings. The molecule has 0 bridgehead atoms. The molecular weight excluding hydrogens is 242 g/mol. The Morgan fingerprint density at radius 2 is 2.24 bits per heavy atom. The van der Waals surface area contributed by atoms with Crippen molar-refractivity contribution in [2.24, 2.45) is 0 Å². The number of nitrogens with zero attached hydrogens (tertiary/aromatic N) is 1. The van der Waals surface area contributed by atoms with E-state index >= 15 is 0 Å². The SMILES string of the molecule is CC(C)(C)OC(=O)C1(Cl)OC1c1ccccn1. The van der Waals surface area contributed by atoms with Gasteiger partial charge >= 0.3 is 5.97 Å². The van der Waals surface area contributed by atoms with E-state index < -0.39 is 22.7 Å². The second-order valence-electron chi connectivity index (χ2n) is 4.90. The Bertz CT molecular complexity index is 429. The number of carbonyl (C=O) groups excluding carboxylic acids is 1. The lowest BCUT2D eigenvalue weighted by atomic mass is 10.2. The number of esters is 1. The molecule has 17 heavy (non-hydrogen) atoms. The van der Waals surface area contributed by atoms with E-state index in [1.807, 2.05) is 6.07 Å². The molecule has 1 aromatic heterocycles. The largest absolute Gasteiger partial charge is 0.457 e. The van der Waals surface area contributed by atoms with Crippen molar-refractivity contribution >= 4 is 17.6 Å². The van der Waals surface area contributed by atoms with Crippen molar-refractivity contribution in [3.8, 4) is 0 Å². The molecule has 2 unspecified atom stereocenters. The molecule has 2 rings (SSSR count). The van der Waals surface area contributed by atoms with Gasteiger partial charge in [0.1, 0.15) is 5.60 Å². The summed E-state index contributed by atoms with van der Waals surface area (Å²) >= 11 is 6.06. The van der Waals surface area contributed by atoms with E-state index in [9.17, 15) is 4.79 Å². The average Bonchev–Trinajstić information content (AvgIpc) is 2.91. The van der Waals surface area contributed by atoms with Crippen LogP contribution >= 0.6 is 11.6 Å². The topological polar surface area (TPSA) is 51.7 Å². The molecule has 0 aromatic carbocycles. The van der Waals surface area contributed by atoms with E-state index in [-0.39, 0.29) is 0 Å². The monoisotopic (exact) mass is 255 g/mol. The number of ether oxygens (including phenoxy) is 2. The highest BCUT2D eigenvalue weighted by Gasteiger charge is 2.65. The van der Waals surface area contributed by atoms with Crippen LogP contribution in [0.1, 0.15) is 32.6 Å². The summed E-state index contributed by atoms with van der Waals surface area (Å²) in [7, 11) is 0. The summed E-state index contributed by atoms with van der Waals surface area (Å²) in [5.74, 6) is -0.567. The predicted molar refractivity (Wildman–Crippen MR) is 62.5 cm³/mol. The number of rotatable bonds is 2. The van der Waals surface area contributed by atoms with Crippen LogP contribution in [0.3, 0.4) is 0 Å². The van der Waals surface area contributed by atoms with Gasteiger partial charge in [-0.15, -0.1) is 0 Å². The van der Waals surface area contributed by atoms with Crippen LogP contribution in [-0.2, 0) is 14.3 Å². The molecule has 0 saturated carbocycles. The molecule has 1 aliphatic heterocycles. The normalized spacial score (nSPS) is 27.6. The summed E-state index contributed by atoms with van der Waals surface area (Å²) in [6.45, 7) is 5.34. The van der Waals surface area contributed by atoms with Crippen LogP contribution in [0.25, 0.3) is 0 Å². The van der Waals surface area contributed by atoms with Crippen LogP contribution in [0, 0.1) is 0 Å². The second kappa shape index (κ2) is 3.96. The fourth-order valence-corrected chi connectivity index (χ4v) is 1.66. The highest BCUT2D eigenvalue weighted by Crippen LogP contribution is 2.53. The van der Waals surface area contributed by atoms with Crippen molar-refractivity contribution in [3.05, 3.63) is 30.1 Å². The number of aromatic nitrogens is 1. The summed E-state index contributed by atoms with van der Waals surface area (Å²) in [5.41, 5.74) is 0.0490. The number of halogens is 1. The lowest BCUT2D eigenvalue weighted by Crippen LogP contribution is -2.31. The number of carbonyl (C=O) groups is 1. The van der Waals surface area contributed by atoms with Gasteiger partial charge in [0.25, 0.3) is 5.06 Å². The fourth-order valence-electron chi connectivity index (χ4n) is 1.42. The molecular formula is C12H14ClNO3. The lowest BCUT2D eigenvalue weighted by Gasteiger charge is -2.20. The molecule has 1 aliphatic rings. The Hall–Kier alpha value is -1.13. The van der Waals surface area contributed by atoms with E-state index in [1.165, 1.54) is 0 Å². The molecule has 92 valence electrons. The van der Waals surface area contributed by atoms with E-state index in [4.69, 9.17) is 21.1 Å². The molecule has 0 amide bonds. The first-order valence-electron chi connectivity index (χ1n) is 5.34. The van der Waals surface area contributed by atoms with Crippen LogP contribution in [0.5, 0.6) is 0 Å². The minimum atomic E-state index is -1.42. The van der Waals surface area contributed by atoms with E-state index in [0.29, 0.717) is 5.69 Å². The number of hydrogen-bond acceptors (Lipinski definition) is 4. The first-order chi connectivity index (χ1) is 7.83. The van der Waals surface area contributed by atoms with Gasteiger partial charge in [0.05, 0.1) is 5.69 Å². The quantitative estimate of drug-likeness (QED) is 0.463. The fraction of sp³-hybridized carbons (Fsp3) is 0.500. The van der Waals surface area contributed by atoms with Gasteiger partial charge in [-0.25, -0.2) is 4.79 Å². The predicted octanol–water partition coefficient (Wildman–Crippen LogP) is 2.43. The number of epoxide rings is 1. The molecule has 2 heterocycles. The van der Waals surface area contributed by atoms with Gasteiger partial charge in [-0.1, -0.05) is 17.7 Å². The van der Waals surface area contributed by atoms with Crippen molar-refractivity contribution in [3.63, 3.8) is 0 Å². The van der Waals surface area contributed by atoms with Gasteiger partial charge in [0, 0.05) is 6.20 Å². The number of alkyl halides is 1. The smallest absolute Gasteiger partial charge is 0.358 e. The van der Waals surface area contributed by atoms with Crippen molar-refractivity contribution in [2.45, 2.75) is 37.5 Å². The van der Waals surface area contributed by atoms with Crippen LogP contribution in [0.15, 0.2) is 24.4 Å². The van der Waals surface area contributed by atoms with Gasteiger partial charge in [0.2, 0.25) is 0 Å². The van der Waals surface area contributed by atoms with Crippen molar-refractivity contribution in [2.75, 3.05) is 0 Å². The summed E-state index contributed by atoms with van der Waals surface area (Å²) in [4.78, 5) is 15.9. The second-order valence-corrected chi connectivity index (χ2v) is 5.46. The van der Waals surface area contributed by atoms with E-state index in [0.717, 1.165) is 0 Å². The van der Waals surface area contributed by atoms with E-state index in [1.54, 1.807) is 39.1 Å². The molecule has 0 spiro atoms. The highest BCUT2D eigenvalue weighted by atomic mass is 35.5. The number of pyridine rings is 1. The molecule has 1 saturated heterocycles. The number of hydrogen-bond donors (Lipinski definition) is 0. The van der Waals surface area contributed by atoms with Crippen LogP contribution in [0.2, 0.25) is 0 Å². The summed E-state index contributed by atoms with van der Waals surface area (Å²) in [5, 5.41) is -1.42. The Morgan fingerprint density at radius 1 is 1.53 bits per heavy atom. The minimum Gasteiger partial charge on any atom is -0.457 e. The third kappa shape index (κ3) is 2.58. The Kier molecular flexibility index (Phi) is 2.87. The third-order valence-corrected chi connectivity index (χ3v) is 2.64. The summed E-state index contributed by atoms with van der Waals surface area (Å²) in [6.07, 6.45) is 1.10. The minimum absolute atomic E-state index is 0.528. The van der Waals surface area contributed by atoms with Gasteiger partial charge in [-0.2, -0.15) is 0 Å². The van der Waals surface area contributed by atoms with Crippen LogP contribution in [-0.4, -0.2) is 21.6 Å². The maximum Gasteiger partial charge on any atom is 0.358 e.